The van der Waals surface area contributed by atoms with Crippen molar-refractivity contribution in [3.63, 3.8) is 0 Å². The van der Waals surface area contributed by atoms with Crippen LogP contribution in [0.15, 0.2) is 12.1 Å². The van der Waals surface area contributed by atoms with Crippen LogP contribution >= 0.6 is 21.6 Å². The molecule has 0 saturated heterocycles. The number of ether oxygens (including phenoxy) is 2. The van der Waals surface area contributed by atoms with E-state index in [1.807, 2.05) is 23.9 Å². The molecule has 0 aliphatic rings. The van der Waals surface area contributed by atoms with Crippen LogP contribution in [0.3, 0.4) is 0 Å². The zero-order valence-electron chi connectivity index (χ0n) is 16.1. The maximum atomic E-state index is 11.7. The Morgan fingerprint density at radius 1 is 1.16 bits per heavy atom. The average Bonchev–Trinajstić information content (AvgIpc) is 2.58. The zero-order chi connectivity index (χ0) is 18.6. The van der Waals surface area contributed by atoms with E-state index in [1.54, 1.807) is 10.8 Å². The molecule has 0 aliphatic carbocycles. The molecule has 8 heteroatoms. The molecule has 0 aliphatic heterocycles. The molecule has 0 rings (SSSR count). The third kappa shape index (κ3) is 21.8. The molecular formula is C17H35BN2O3S2. The number of nitrogens with one attached hydrogen (secondary N) is 2. The number of rotatable bonds is 18. The van der Waals surface area contributed by atoms with E-state index in [0.29, 0.717) is 37.9 Å². The maximum absolute atomic E-state index is 11.7. The van der Waals surface area contributed by atoms with Crippen molar-refractivity contribution in [2.24, 2.45) is 0 Å². The monoisotopic (exact) mass is 390 g/mol. The Hall–Kier alpha value is -0.145. The third-order valence-corrected chi connectivity index (χ3v) is 5.24. The van der Waals surface area contributed by atoms with Gasteiger partial charge in [-0.25, -0.2) is 0 Å². The van der Waals surface area contributed by atoms with Crippen LogP contribution in [-0.4, -0.2) is 64.8 Å². The van der Waals surface area contributed by atoms with E-state index in [4.69, 9.17) is 9.47 Å². The second-order valence-corrected chi connectivity index (χ2v) is 8.58. The minimum Gasteiger partial charge on any atom is -0.376 e. The minimum absolute atomic E-state index is 0.0935. The first-order valence-electron chi connectivity index (χ1n) is 9.13. The fourth-order valence-electron chi connectivity index (χ4n) is 1.76. The Kier molecular flexibility index (Phi) is 20.1. The van der Waals surface area contributed by atoms with Crippen molar-refractivity contribution in [2.45, 2.75) is 38.9 Å². The Labute approximate surface area is 162 Å². The number of unbranched alkanes of at least 4 members (excludes halogenated alkanes) is 1. The fourth-order valence-corrected chi connectivity index (χ4v) is 3.43. The fraction of sp³-hybridized carbons (Fsp3) is 0.824. The van der Waals surface area contributed by atoms with Crippen LogP contribution in [0.2, 0.25) is 5.82 Å². The standard InChI is InChI=1S/C17H35BN2O3S2/c1-16(2)18-8-6-12-22-13-9-20-17(21)7-4-5-11-23-15-25-24-14-10-19-3/h6,8,16,18-19H,4-5,7,9-15H2,1-3H3,(H,20,21)/b8-6+. The molecular weight excluding hydrogens is 355 g/mol. The molecule has 0 bridgehead atoms. The molecule has 0 fully saturated rings. The van der Waals surface area contributed by atoms with Gasteiger partial charge in [-0.3, -0.25) is 4.79 Å². The summed E-state index contributed by atoms with van der Waals surface area (Å²) in [5.41, 5.74) is 0. The highest BCUT2D eigenvalue weighted by Gasteiger charge is 2.00. The molecule has 0 heterocycles. The SMILES string of the molecule is CNCCSSCOCCCCC(=O)NCCOC/C=C/BC(C)C. The summed E-state index contributed by atoms with van der Waals surface area (Å²) in [6.07, 6.45) is 4.38. The molecule has 0 atom stereocenters. The molecule has 0 aromatic heterocycles. The Morgan fingerprint density at radius 2 is 2.00 bits per heavy atom. The summed E-state index contributed by atoms with van der Waals surface area (Å²) in [6.45, 7) is 7.88. The number of hydrogen-bond acceptors (Lipinski definition) is 6. The maximum Gasteiger partial charge on any atom is 0.220 e. The quantitative estimate of drug-likeness (QED) is 0.162. The Morgan fingerprint density at radius 3 is 2.76 bits per heavy atom. The first-order valence-corrected chi connectivity index (χ1v) is 11.6. The average molecular weight is 390 g/mol. The van der Waals surface area contributed by atoms with Gasteiger partial charge in [0, 0.05) is 31.9 Å². The predicted molar refractivity (Wildman–Crippen MR) is 114 cm³/mol. The van der Waals surface area contributed by atoms with Crippen molar-refractivity contribution < 1.29 is 14.3 Å². The molecule has 0 spiro atoms. The predicted octanol–water partition coefficient (Wildman–Crippen LogP) is 2.64. The lowest BCUT2D eigenvalue weighted by molar-refractivity contribution is -0.121. The van der Waals surface area contributed by atoms with Crippen molar-refractivity contribution in [3.8, 4) is 0 Å². The van der Waals surface area contributed by atoms with Gasteiger partial charge in [-0.15, -0.1) is 5.98 Å². The molecule has 0 unspecified atom stereocenters. The van der Waals surface area contributed by atoms with Crippen LogP contribution < -0.4 is 10.6 Å². The number of amides is 1. The van der Waals surface area contributed by atoms with Gasteiger partial charge >= 0.3 is 0 Å². The van der Waals surface area contributed by atoms with Crippen LogP contribution in [0, 0.1) is 0 Å². The lowest BCUT2D eigenvalue weighted by Crippen LogP contribution is -2.27. The smallest absolute Gasteiger partial charge is 0.220 e. The second kappa shape index (κ2) is 20.2. The highest BCUT2D eigenvalue weighted by atomic mass is 33.1. The minimum atomic E-state index is 0.0935. The molecule has 0 saturated carbocycles. The summed E-state index contributed by atoms with van der Waals surface area (Å²) >= 11 is 0. The van der Waals surface area contributed by atoms with Gasteiger partial charge in [0.25, 0.3) is 0 Å². The van der Waals surface area contributed by atoms with Gasteiger partial charge in [-0.2, -0.15) is 0 Å². The molecule has 0 radical (unpaired) electrons. The van der Waals surface area contributed by atoms with E-state index in [9.17, 15) is 4.79 Å². The lowest BCUT2D eigenvalue weighted by atomic mass is 9.66. The van der Waals surface area contributed by atoms with Crippen LogP contribution in [0.25, 0.3) is 0 Å². The first-order chi connectivity index (χ1) is 12.2. The van der Waals surface area contributed by atoms with Gasteiger partial charge < -0.3 is 20.1 Å². The normalized spacial score (nSPS) is 11.4. The van der Waals surface area contributed by atoms with Crippen molar-refractivity contribution in [1.82, 2.24) is 10.6 Å². The third-order valence-electron chi connectivity index (χ3n) is 3.15. The number of carbonyl (C=O) groups is 1. The summed E-state index contributed by atoms with van der Waals surface area (Å²) in [5.74, 6) is 4.72. The second-order valence-electron chi connectivity index (χ2n) is 6.05. The van der Waals surface area contributed by atoms with Crippen LogP contribution in [0.4, 0.5) is 0 Å². The molecule has 0 aromatic rings. The summed E-state index contributed by atoms with van der Waals surface area (Å²) < 4.78 is 11.0. The van der Waals surface area contributed by atoms with E-state index in [0.717, 1.165) is 39.0 Å². The van der Waals surface area contributed by atoms with Crippen molar-refractivity contribution in [2.75, 3.05) is 51.6 Å². The van der Waals surface area contributed by atoms with Crippen molar-refractivity contribution in [3.05, 3.63) is 12.1 Å². The van der Waals surface area contributed by atoms with E-state index in [2.05, 4.69) is 30.5 Å². The van der Waals surface area contributed by atoms with Gasteiger partial charge in [0.05, 0.1) is 13.2 Å². The molecule has 0 aromatic carbocycles. The van der Waals surface area contributed by atoms with Crippen LogP contribution in [0.1, 0.15) is 33.1 Å². The van der Waals surface area contributed by atoms with Crippen molar-refractivity contribution in [1.29, 1.82) is 0 Å². The van der Waals surface area contributed by atoms with Gasteiger partial charge in [0.15, 0.2) is 0 Å². The summed E-state index contributed by atoms with van der Waals surface area (Å²) in [5, 5.41) is 5.99. The summed E-state index contributed by atoms with van der Waals surface area (Å²) in [7, 11) is 6.59. The summed E-state index contributed by atoms with van der Waals surface area (Å²) in [6, 6.07) is 0. The number of carbonyl (C=O) groups excluding carboxylic acids is 1. The van der Waals surface area contributed by atoms with Gasteiger partial charge in [-0.05, 0) is 19.9 Å². The largest absolute Gasteiger partial charge is 0.376 e. The molecule has 1 amide bonds. The topological polar surface area (TPSA) is 59.6 Å². The van der Waals surface area contributed by atoms with E-state index in [-0.39, 0.29) is 5.91 Å². The van der Waals surface area contributed by atoms with Gasteiger partial charge in [-0.1, -0.05) is 47.3 Å². The molecule has 25 heavy (non-hydrogen) atoms. The highest BCUT2D eigenvalue weighted by Crippen LogP contribution is 2.20. The molecule has 146 valence electrons. The summed E-state index contributed by atoms with van der Waals surface area (Å²) in [4.78, 5) is 11.7. The highest BCUT2D eigenvalue weighted by molar-refractivity contribution is 8.76. The van der Waals surface area contributed by atoms with E-state index in [1.165, 1.54) is 0 Å². The number of hydrogen-bond donors (Lipinski definition) is 2. The van der Waals surface area contributed by atoms with Crippen LogP contribution in [0.5, 0.6) is 0 Å². The lowest BCUT2D eigenvalue weighted by Gasteiger charge is -2.06. The molecule has 2 N–H and O–H groups in total. The first kappa shape index (κ1) is 24.9. The van der Waals surface area contributed by atoms with Crippen molar-refractivity contribution >= 4 is 34.8 Å². The van der Waals surface area contributed by atoms with Gasteiger partial charge in [0.1, 0.15) is 13.2 Å². The van der Waals surface area contributed by atoms with E-state index < -0.39 is 0 Å². The zero-order valence-corrected chi connectivity index (χ0v) is 17.7. The molecule has 5 nitrogen and oxygen atoms in total. The van der Waals surface area contributed by atoms with E-state index >= 15 is 0 Å². The van der Waals surface area contributed by atoms with Gasteiger partial charge in [0.2, 0.25) is 5.91 Å². The Bertz CT molecular complexity index is 335. The Balaban J connectivity index is 3.22. The van der Waals surface area contributed by atoms with Crippen LogP contribution in [-0.2, 0) is 14.3 Å².